The number of thioether (sulfide) groups is 1. The van der Waals surface area contributed by atoms with Crippen molar-refractivity contribution in [1.82, 2.24) is 0 Å². The van der Waals surface area contributed by atoms with E-state index in [0.717, 1.165) is 11.1 Å². The molecule has 0 saturated carbocycles. The first-order chi connectivity index (χ1) is 9.18. The van der Waals surface area contributed by atoms with Crippen LogP contribution in [0.3, 0.4) is 0 Å². The van der Waals surface area contributed by atoms with Gasteiger partial charge in [0.25, 0.3) is 0 Å². The van der Waals surface area contributed by atoms with Gasteiger partial charge in [-0.25, -0.2) is 0 Å². The van der Waals surface area contributed by atoms with Gasteiger partial charge in [-0.3, -0.25) is 4.79 Å². The third kappa shape index (κ3) is 3.66. The Morgan fingerprint density at radius 3 is 2.05 bits per heavy atom. The summed E-state index contributed by atoms with van der Waals surface area (Å²) in [6, 6.07) is 18.6. The first kappa shape index (κ1) is 13.8. The average molecular weight is 288 g/mol. The van der Waals surface area contributed by atoms with E-state index >= 15 is 0 Å². The number of thiocarbonyl (C=S) groups is 1. The van der Waals surface area contributed by atoms with Crippen LogP contribution in [0.15, 0.2) is 60.7 Å². The fourth-order valence-corrected chi connectivity index (χ4v) is 2.94. The van der Waals surface area contributed by atoms with Gasteiger partial charge in [0.2, 0.25) is 0 Å². The third-order valence-corrected chi connectivity index (χ3v) is 4.24. The van der Waals surface area contributed by atoms with E-state index in [-0.39, 0.29) is 0 Å². The highest BCUT2D eigenvalue weighted by molar-refractivity contribution is 8.24. The Morgan fingerprint density at radius 2 is 1.53 bits per heavy atom. The van der Waals surface area contributed by atoms with Gasteiger partial charge < -0.3 is 5.11 Å². The van der Waals surface area contributed by atoms with Crippen molar-refractivity contribution in [2.24, 2.45) is 0 Å². The van der Waals surface area contributed by atoms with Gasteiger partial charge in [-0.05, 0) is 11.1 Å². The van der Waals surface area contributed by atoms with Crippen molar-refractivity contribution in [2.75, 3.05) is 0 Å². The molecule has 2 aromatic carbocycles. The molecule has 19 heavy (non-hydrogen) atoms. The van der Waals surface area contributed by atoms with Gasteiger partial charge in [0.1, 0.15) is 5.25 Å². The average Bonchev–Trinajstić information content (AvgIpc) is 2.46. The Morgan fingerprint density at radius 1 is 1.00 bits per heavy atom. The fourth-order valence-electron chi connectivity index (χ4n) is 1.64. The molecule has 0 aliphatic rings. The van der Waals surface area contributed by atoms with E-state index in [0.29, 0.717) is 4.20 Å². The number of carboxylic acid groups (broad SMARTS) is 1. The Bertz CT molecular complexity index is 567. The van der Waals surface area contributed by atoms with Gasteiger partial charge in [0.15, 0.2) is 0 Å². The van der Waals surface area contributed by atoms with Gasteiger partial charge in [-0.15, -0.1) is 0 Å². The molecule has 0 fully saturated rings. The van der Waals surface area contributed by atoms with Crippen molar-refractivity contribution in [3.63, 3.8) is 0 Å². The van der Waals surface area contributed by atoms with E-state index < -0.39 is 11.2 Å². The number of hydrogen-bond donors (Lipinski definition) is 1. The van der Waals surface area contributed by atoms with E-state index in [9.17, 15) is 9.90 Å². The quantitative estimate of drug-likeness (QED) is 0.865. The summed E-state index contributed by atoms with van der Waals surface area (Å²) >= 11 is 6.51. The van der Waals surface area contributed by atoms with Gasteiger partial charge in [0, 0.05) is 0 Å². The Hall–Kier alpha value is -1.65. The lowest BCUT2D eigenvalue weighted by Crippen LogP contribution is -2.10. The molecule has 1 unspecified atom stereocenters. The molecule has 0 saturated heterocycles. The summed E-state index contributed by atoms with van der Waals surface area (Å²) in [4.78, 5) is 11.4. The summed E-state index contributed by atoms with van der Waals surface area (Å²) in [5, 5.41) is 8.67. The van der Waals surface area contributed by atoms with Crippen molar-refractivity contribution < 1.29 is 9.90 Å². The fraction of sp³-hybridized carbons (Fsp3) is 0.0667. The predicted octanol–water partition coefficient (Wildman–Crippen LogP) is 3.92. The summed E-state index contributed by atoms with van der Waals surface area (Å²) in [6.07, 6.45) is 0. The molecule has 0 amide bonds. The topological polar surface area (TPSA) is 37.3 Å². The van der Waals surface area contributed by atoms with Crippen LogP contribution in [0.2, 0.25) is 0 Å². The molecular formula is C15H12O2S2. The van der Waals surface area contributed by atoms with Crippen LogP contribution < -0.4 is 0 Å². The maximum atomic E-state index is 11.4. The zero-order valence-electron chi connectivity index (χ0n) is 10.0. The molecule has 0 spiro atoms. The van der Waals surface area contributed by atoms with Gasteiger partial charge in [-0.1, -0.05) is 84.6 Å². The lowest BCUT2D eigenvalue weighted by Gasteiger charge is -2.13. The minimum Gasteiger partial charge on any atom is -0.480 e. The normalized spacial score (nSPS) is 11.8. The second kappa shape index (κ2) is 6.50. The number of rotatable bonds is 4. The first-order valence-electron chi connectivity index (χ1n) is 5.72. The molecule has 2 rings (SSSR count). The van der Waals surface area contributed by atoms with Gasteiger partial charge >= 0.3 is 5.97 Å². The van der Waals surface area contributed by atoms with E-state index in [2.05, 4.69) is 0 Å². The molecule has 1 atom stereocenters. The predicted molar refractivity (Wildman–Crippen MR) is 82.6 cm³/mol. The SMILES string of the molecule is O=C(O)C(SC(=S)c1ccccc1)c1ccccc1. The van der Waals surface area contributed by atoms with E-state index in [1.54, 1.807) is 12.1 Å². The molecule has 2 aromatic rings. The van der Waals surface area contributed by atoms with Crippen LogP contribution in [0.1, 0.15) is 16.4 Å². The lowest BCUT2D eigenvalue weighted by atomic mass is 10.1. The molecular weight excluding hydrogens is 276 g/mol. The second-order valence-corrected chi connectivity index (χ2v) is 5.68. The summed E-state index contributed by atoms with van der Waals surface area (Å²) in [6.45, 7) is 0. The van der Waals surface area contributed by atoms with Crippen LogP contribution in [0.5, 0.6) is 0 Å². The number of hydrogen-bond acceptors (Lipinski definition) is 3. The Balaban J connectivity index is 2.19. The number of benzene rings is 2. The van der Waals surface area contributed by atoms with Crippen LogP contribution in [0, 0.1) is 0 Å². The minimum atomic E-state index is -0.880. The Labute approximate surface area is 121 Å². The van der Waals surface area contributed by atoms with Crippen molar-refractivity contribution >= 4 is 34.1 Å². The number of carboxylic acids is 1. The molecule has 4 heteroatoms. The molecule has 1 N–H and O–H groups in total. The maximum absolute atomic E-state index is 11.4. The smallest absolute Gasteiger partial charge is 0.321 e. The molecule has 0 radical (unpaired) electrons. The monoisotopic (exact) mass is 288 g/mol. The first-order valence-corrected chi connectivity index (χ1v) is 7.01. The molecule has 0 aliphatic carbocycles. The maximum Gasteiger partial charge on any atom is 0.321 e. The van der Waals surface area contributed by atoms with E-state index in [1.807, 2.05) is 48.5 Å². The minimum absolute atomic E-state index is 0.594. The second-order valence-electron chi connectivity index (χ2n) is 3.90. The van der Waals surface area contributed by atoms with Crippen LogP contribution in [-0.2, 0) is 4.79 Å². The third-order valence-electron chi connectivity index (χ3n) is 2.56. The standard InChI is InChI=1S/C15H12O2S2/c16-14(17)13(11-7-3-1-4-8-11)19-15(18)12-9-5-2-6-10-12/h1-10,13H,(H,16,17). The largest absolute Gasteiger partial charge is 0.480 e. The van der Waals surface area contributed by atoms with E-state index in [4.69, 9.17) is 12.2 Å². The van der Waals surface area contributed by atoms with E-state index in [1.165, 1.54) is 11.8 Å². The van der Waals surface area contributed by atoms with Crippen molar-refractivity contribution in [3.8, 4) is 0 Å². The van der Waals surface area contributed by atoms with Crippen molar-refractivity contribution in [1.29, 1.82) is 0 Å². The molecule has 2 nitrogen and oxygen atoms in total. The van der Waals surface area contributed by atoms with Crippen LogP contribution in [0.4, 0.5) is 0 Å². The highest BCUT2D eigenvalue weighted by Gasteiger charge is 2.22. The van der Waals surface area contributed by atoms with Crippen LogP contribution >= 0.6 is 24.0 Å². The van der Waals surface area contributed by atoms with Crippen molar-refractivity contribution in [2.45, 2.75) is 5.25 Å². The molecule has 96 valence electrons. The number of carbonyl (C=O) groups is 1. The Kier molecular flexibility index (Phi) is 4.71. The van der Waals surface area contributed by atoms with Crippen molar-refractivity contribution in [3.05, 3.63) is 71.8 Å². The molecule has 0 aromatic heterocycles. The van der Waals surface area contributed by atoms with Gasteiger partial charge in [-0.2, -0.15) is 0 Å². The highest BCUT2D eigenvalue weighted by Crippen LogP contribution is 2.32. The van der Waals surface area contributed by atoms with Crippen LogP contribution in [-0.4, -0.2) is 15.3 Å². The van der Waals surface area contributed by atoms with Crippen LogP contribution in [0.25, 0.3) is 0 Å². The molecule has 0 aliphatic heterocycles. The summed E-state index contributed by atoms with van der Waals surface area (Å²) in [5.41, 5.74) is 1.63. The highest BCUT2D eigenvalue weighted by atomic mass is 32.2. The zero-order valence-corrected chi connectivity index (χ0v) is 11.7. The van der Waals surface area contributed by atoms with Gasteiger partial charge in [0.05, 0.1) is 4.20 Å². The molecule has 0 bridgehead atoms. The number of aliphatic carboxylic acids is 1. The molecule has 0 heterocycles. The summed E-state index contributed by atoms with van der Waals surface area (Å²) in [5.74, 6) is -0.880. The lowest BCUT2D eigenvalue weighted by molar-refractivity contribution is -0.136. The zero-order chi connectivity index (χ0) is 13.7. The summed E-state index contributed by atoms with van der Waals surface area (Å²) < 4.78 is 0.594. The summed E-state index contributed by atoms with van der Waals surface area (Å²) in [7, 11) is 0.